The number of rotatable bonds is 5. The number of hydrogen-bond acceptors (Lipinski definition) is 3. The summed E-state index contributed by atoms with van der Waals surface area (Å²) in [7, 11) is 0. The molecule has 0 aromatic carbocycles. The van der Waals surface area contributed by atoms with Crippen molar-refractivity contribution in [2.45, 2.75) is 32.1 Å². The molecule has 1 unspecified atom stereocenters. The van der Waals surface area contributed by atoms with E-state index in [0.717, 1.165) is 18.6 Å². The van der Waals surface area contributed by atoms with Crippen molar-refractivity contribution in [3.63, 3.8) is 0 Å². The van der Waals surface area contributed by atoms with E-state index in [1.54, 1.807) is 11.8 Å². The van der Waals surface area contributed by atoms with Crippen molar-refractivity contribution in [2.75, 3.05) is 5.75 Å². The number of hydrogen-bond donors (Lipinski definition) is 1. The summed E-state index contributed by atoms with van der Waals surface area (Å²) < 4.78 is 4.70. The number of amides is 1. The van der Waals surface area contributed by atoms with Crippen LogP contribution in [-0.4, -0.2) is 17.3 Å². The molecule has 1 atom stereocenters. The minimum absolute atomic E-state index is 0.112. The van der Waals surface area contributed by atoms with Crippen LogP contribution in [0.2, 0.25) is 0 Å². The average Bonchev–Trinajstić information content (AvgIpc) is 1.86. The van der Waals surface area contributed by atoms with E-state index >= 15 is 0 Å². The molecule has 1 amide bonds. The highest BCUT2D eigenvalue weighted by atomic mass is 32.2. The van der Waals surface area contributed by atoms with E-state index in [1.807, 2.05) is 6.92 Å². The molecule has 0 radical (unpaired) electrons. The molecule has 4 heteroatoms. The summed E-state index contributed by atoms with van der Waals surface area (Å²) in [5.41, 5.74) is 4.71. The molecule has 0 fully saturated rings. The van der Waals surface area contributed by atoms with Crippen LogP contribution in [0.3, 0.4) is 0 Å². The SMILES string of the molecule is CCCCSC(C)OC(N)=O. The molecule has 0 aliphatic rings. The van der Waals surface area contributed by atoms with Crippen LogP contribution >= 0.6 is 11.8 Å². The Morgan fingerprint density at radius 2 is 2.36 bits per heavy atom. The Kier molecular flexibility index (Phi) is 6.12. The van der Waals surface area contributed by atoms with Gasteiger partial charge >= 0.3 is 6.09 Å². The molecule has 0 saturated heterocycles. The monoisotopic (exact) mass is 177 g/mol. The maximum Gasteiger partial charge on any atom is 0.405 e. The third kappa shape index (κ3) is 7.52. The fourth-order valence-corrected chi connectivity index (χ4v) is 1.54. The van der Waals surface area contributed by atoms with Crippen molar-refractivity contribution >= 4 is 17.9 Å². The Hall–Kier alpha value is -0.380. The zero-order valence-corrected chi connectivity index (χ0v) is 7.82. The molecule has 11 heavy (non-hydrogen) atoms. The van der Waals surface area contributed by atoms with E-state index in [4.69, 9.17) is 10.5 Å². The van der Waals surface area contributed by atoms with E-state index in [0.29, 0.717) is 0 Å². The fraction of sp³-hybridized carbons (Fsp3) is 0.857. The topological polar surface area (TPSA) is 52.3 Å². The summed E-state index contributed by atoms with van der Waals surface area (Å²) in [4.78, 5) is 10.2. The standard InChI is InChI=1S/C7H15NO2S/c1-3-4-5-11-6(2)10-7(8)9/h6H,3-5H2,1-2H3,(H2,8,9). The second-order valence-electron chi connectivity index (χ2n) is 2.23. The molecular formula is C7H15NO2S. The number of carbonyl (C=O) groups is 1. The van der Waals surface area contributed by atoms with Gasteiger partial charge < -0.3 is 10.5 Å². The minimum atomic E-state index is -0.693. The molecule has 3 nitrogen and oxygen atoms in total. The highest BCUT2D eigenvalue weighted by Gasteiger charge is 2.04. The normalized spacial score (nSPS) is 12.5. The van der Waals surface area contributed by atoms with Gasteiger partial charge in [0.05, 0.1) is 0 Å². The number of ether oxygens (including phenoxy) is 1. The van der Waals surface area contributed by atoms with Crippen molar-refractivity contribution < 1.29 is 9.53 Å². The van der Waals surface area contributed by atoms with E-state index in [9.17, 15) is 4.79 Å². The minimum Gasteiger partial charge on any atom is -0.436 e. The van der Waals surface area contributed by atoms with Crippen LogP contribution in [0.1, 0.15) is 26.7 Å². The highest BCUT2D eigenvalue weighted by molar-refractivity contribution is 7.99. The van der Waals surface area contributed by atoms with Gasteiger partial charge in [-0.15, -0.1) is 11.8 Å². The molecule has 0 aromatic rings. The van der Waals surface area contributed by atoms with Crippen LogP contribution in [0.25, 0.3) is 0 Å². The summed E-state index contributed by atoms with van der Waals surface area (Å²) >= 11 is 1.61. The van der Waals surface area contributed by atoms with Crippen molar-refractivity contribution in [3.8, 4) is 0 Å². The molecule has 0 aliphatic carbocycles. The second-order valence-corrected chi connectivity index (χ2v) is 3.63. The smallest absolute Gasteiger partial charge is 0.405 e. The third-order valence-corrected chi connectivity index (χ3v) is 2.22. The quantitative estimate of drug-likeness (QED) is 0.516. The van der Waals surface area contributed by atoms with Crippen LogP contribution in [0.4, 0.5) is 4.79 Å². The summed E-state index contributed by atoms with van der Waals surface area (Å²) in [6.45, 7) is 3.95. The van der Waals surface area contributed by atoms with Crippen LogP contribution in [-0.2, 0) is 4.74 Å². The Morgan fingerprint density at radius 3 is 2.82 bits per heavy atom. The number of unbranched alkanes of at least 4 members (excludes halogenated alkanes) is 1. The first-order chi connectivity index (χ1) is 5.16. The van der Waals surface area contributed by atoms with Crippen molar-refractivity contribution in [3.05, 3.63) is 0 Å². The van der Waals surface area contributed by atoms with Crippen LogP contribution in [0.5, 0.6) is 0 Å². The van der Waals surface area contributed by atoms with Crippen LogP contribution in [0, 0.1) is 0 Å². The van der Waals surface area contributed by atoms with Gasteiger partial charge in [0, 0.05) is 0 Å². The van der Waals surface area contributed by atoms with Gasteiger partial charge in [-0.05, 0) is 19.1 Å². The lowest BCUT2D eigenvalue weighted by Crippen LogP contribution is -2.18. The molecule has 0 aromatic heterocycles. The lowest BCUT2D eigenvalue weighted by molar-refractivity contribution is 0.152. The third-order valence-electron chi connectivity index (χ3n) is 1.13. The summed E-state index contributed by atoms with van der Waals surface area (Å²) in [6, 6.07) is 0. The summed E-state index contributed by atoms with van der Waals surface area (Å²) in [5, 5.41) is 0. The summed E-state index contributed by atoms with van der Waals surface area (Å²) in [5.74, 6) is 1.02. The number of primary amides is 1. The Balaban J connectivity index is 3.22. The van der Waals surface area contributed by atoms with Crippen LogP contribution in [0.15, 0.2) is 0 Å². The van der Waals surface area contributed by atoms with Gasteiger partial charge in [0.2, 0.25) is 0 Å². The lowest BCUT2D eigenvalue weighted by Gasteiger charge is -2.09. The number of nitrogens with two attached hydrogens (primary N) is 1. The van der Waals surface area contributed by atoms with Gasteiger partial charge in [0.15, 0.2) is 0 Å². The van der Waals surface area contributed by atoms with E-state index in [2.05, 4.69) is 6.92 Å². The fourth-order valence-electron chi connectivity index (χ4n) is 0.591. The van der Waals surface area contributed by atoms with E-state index in [-0.39, 0.29) is 5.44 Å². The average molecular weight is 177 g/mol. The number of thioether (sulfide) groups is 1. The molecule has 0 rings (SSSR count). The Morgan fingerprint density at radius 1 is 1.73 bits per heavy atom. The van der Waals surface area contributed by atoms with E-state index < -0.39 is 6.09 Å². The molecular weight excluding hydrogens is 162 g/mol. The summed E-state index contributed by atoms with van der Waals surface area (Å²) in [6.07, 6.45) is 1.62. The second kappa shape index (κ2) is 6.34. The Labute approximate surface area is 71.7 Å². The maximum absolute atomic E-state index is 10.2. The van der Waals surface area contributed by atoms with Gasteiger partial charge in [0.1, 0.15) is 5.44 Å². The lowest BCUT2D eigenvalue weighted by atomic mass is 10.4. The van der Waals surface area contributed by atoms with Gasteiger partial charge in [-0.3, -0.25) is 0 Å². The largest absolute Gasteiger partial charge is 0.436 e. The van der Waals surface area contributed by atoms with Crippen molar-refractivity contribution in [2.24, 2.45) is 5.73 Å². The molecule has 0 bridgehead atoms. The van der Waals surface area contributed by atoms with Crippen molar-refractivity contribution in [1.82, 2.24) is 0 Å². The van der Waals surface area contributed by atoms with Crippen LogP contribution < -0.4 is 5.73 Å². The number of carbonyl (C=O) groups excluding carboxylic acids is 1. The molecule has 0 saturated carbocycles. The molecule has 2 N–H and O–H groups in total. The zero-order chi connectivity index (χ0) is 8.69. The van der Waals surface area contributed by atoms with Gasteiger partial charge in [-0.25, -0.2) is 4.79 Å². The first kappa shape index (κ1) is 10.6. The first-order valence-corrected chi connectivity index (χ1v) is 4.79. The first-order valence-electron chi connectivity index (χ1n) is 3.74. The molecule has 0 aliphatic heterocycles. The van der Waals surface area contributed by atoms with Gasteiger partial charge in [-0.2, -0.15) is 0 Å². The molecule has 0 spiro atoms. The molecule has 66 valence electrons. The maximum atomic E-state index is 10.2. The Bertz CT molecular complexity index is 119. The molecule has 0 heterocycles. The van der Waals surface area contributed by atoms with Gasteiger partial charge in [-0.1, -0.05) is 13.3 Å². The predicted octanol–water partition coefficient (Wildman–Crippen LogP) is 1.96. The van der Waals surface area contributed by atoms with Gasteiger partial charge in [0.25, 0.3) is 0 Å². The van der Waals surface area contributed by atoms with E-state index in [1.165, 1.54) is 0 Å². The highest BCUT2D eigenvalue weighted by Crippen LogP contribution is 2.13. The zero-order valence-electron chi connectivity index (χ0n) is 7.00. The predicted molar refractivity (Wildman–Crippen MR) is 47.5 cm³/mol. The van der Waals surface area contributed by atoms with Crippen molar-refractivity contribution in [1.29, 1.82) is 0 Å².